The third-order valence-corrected chi connectivity index (χ3v) is 4.31. The van der Waals surface area contributed by atoms with Gasteiger partial charge in [0.2, 0.25) is 0 Å². The summed E-state index contributed by atoms with van der Waals surface area (Å²) < 4.78 is 17.4. The minimum atomic E-state index is -2.64. The van der Waals surface area contributed by atoms with E-state index in [1.54, 1.807) is 5.82 Å². The summed E-state index contributed by atoms with van der Waals surface area (Å²) in [5, 5.41) is 0.830. The first-order chi connectivity index (χ1) is 6.26. The Morgan fingerprint density at radius 2 is 2.15 bits per heavy atom. The SMILES string of the molecule is CCOP1(=O)C=Cc2ccccc21. The molecule has 1 aromatic rings. The summed E-state index contributed by atoms with van der Waals surface area (Å²) in [6, 6.07) is 7.64. The second-order valence-corrected chi connectivity index (χ2v) is 5.12. The Bertz CT molecular complexity index is 396. The maximum atomic E-state index is 12.1. The van der Waals surface area contributed by atoms with Crippen molar-refractivity contribution in [3.05, 3.63) is 35.6 Å². The maximum Gasteiger partial charge on any atom is 0.254 e. The number of hydrogen-bond donors (Lipinski definition) is 0. The van der Waals surface area contributed by atoms with Crippen LogP contribution in [0, 0.1) is 0 Å². The van der Waals surface area contributed by atoms with Gasteiger partial charge in [0.15, 0.2) is 0 Å². The summed E-state index contributed by atoms with van der Waals surface area (Å²) in [6.45, 7) is 2.34. The van der Waals surface area contributed by atoms with Gasteiger partial charge in [0.05, 0.1) is 6.61 Å². The highest BCUT2D eigenvalue weighted by Crippen LogP contribution is 2.52. The van der Waals surface area contributed by atoms with Gasteiger partial charge in [-0.15, -0.1) is 0 Å². The molecule has 0 bridgehead atoms. The molecule has 1 aromatic carbocycles. The average Bonchev–Trinajstić information content (AvgIpc) is 2.46. The van der Waals surface area contributed by atoms with E-state index in [9.17, 15) is 4.57 Å². The monoisotopic (exact) mass is 194 g/mol. The largest absolute Gasteiger partial charge is 0.323 e. The van der Waals surface area contributed by atoms with Crippen LogP contribution in [0.25, 0.3) is 6.08 Å². The highest BCUT2D eigenvalue weighted by molar-refractivity contribution is 7.70. The van der Waals surface area contributed by atoms with Crippen LogP contribution in [0.4, 0.5) is 0 Å². The molecule has 13 heavy (non-hydrogen) atoms. The molecule has 0 amide bonds. The van der Waals surface area contributed by atoms with E-state index >= 15 is 0 Å². The van der Waals surface area contributed by atoms with E-state index in [0.717, 1.165) is 10.9 Å². The fourth-order valence-corrected chi connectivity index (χ4v) is 3.40. The van der Waals surface area contributed by atoms with Crippen LogP contribution in [0.2, 0.25) is 0 Å². The predicted molar refractivity (Wildman–Crippen MR) is 54.3 cm³/mol. The summed E-state index contributed by atoms with van der Waals surface area (Å²) in [4.78, 5) is 0. The third-order valence-electron chi connectivity index (χ3n) is 2.04. The fraction of sp³-hybridized carbons (Fsp3) is 0.200. The Balaban J connectivity index is 2.49. The van der Waals surface area contributed by atoms with Crippen LogP contribution < -0.4 is 5.30 Å². The molecule has 0 radical (unpaired) electrons. The van der Waals surface area contributed by atoms with Crippen LogP contribution in [0.5, 0.6) is 0 Å². The molecule has 1 unspecified atom stereocenters. The first-order valence-electron chi connectivity index (χ1n) is 4.29. The van der Waals surface area contributed by atoms with Crippen LogP contribution in [0.1, 0.15) is 12.5 Å². The van der Waals surface area contributed by atoms with E-state index in [2.05, 4.69) is 0 Å². The molecule has 0 aliphatic carbocycles. The van der Waals surface area contributed by atoms with E-state index in [0.29, 0.717) is 6.61 Å². The van der Waals surface area contributed by atoms with Gasteiger partial charge in [-0.05, 0) is 24.6 Å². The quantitative estimate of drug-likeness (QED) is 0.676. The molecule has 0 N–H and O–H groups in total. The Morgan fingerprint density at radius 1 is 1.38 bits per heavy atom. The first-order valence-corrected chi connectivity index (χ1v) is 5.99. The summed E-state index contributed by atoms with van der Waals surface area (Å²) in [5.41, 5.74) is 1.01. The van der Waals surface area contributed by atoms with Gasteiger partial charge in [0, 0.05) is 11.1 Å². The van der Waals surface area contributed by atoms with E-state index < -0.39 is 7.37 Å². The Hall–Kier alpha value is -0.850. The van der Waals surface area contributed by atoms with E-state index in [1.807, 2.05) is 37.3 Å². The summed E-state index contributed by atoms with van der Waals surface area (Å²) in [5.74, 6) is 1.68. The molecule has 0 fully saturated rings. The third kappa shape index (κ3) is 1.37. The van der Waals surface area contributed by atoms with Gasteiger partial charge in [-0.1, -0.05) is 18.2 Å². The van der Waals surface area contributed by atoms with Gasteiger partial charge in [-0.2, -0.15) is 0 Å². The molecule has 3 heteroatoms. The topological polar surface area (TPSA) is 26.3 Å². The first kappa shape index (κ1) is 8.74. The minimum Gasteiger partial charge on any atom is -0.323 e. The minimum absolute atomic E-state index is 0.482. The van der Waals surface area contributed by atoms with Crippen molar-refractivity contribution in [3.8, 4) is 0 Å². The lowest BCUT2D eigenvalue weighted by Crippen LogP contribution is -2.05. The summed E-state index contributed by atoms with van der Waals surface area (Å²) in [7, 11) is -2.64. The van der Waals surface area contributed by atoms with Crippen molar-refractivity contribution >= 4 is 18.7 Å². The maximum absolute atomic E-state index is 12.1. The van der Waals surface area contributed by atoms with Gasteiger partial charge >= 0.3 is 0 Å². The van der Waals surface area contributed by atoms with Crippen LogP contribution in [0.3, 0.4) is 0 Å². The van der Waals surface area contributed by atoms with Gasteiger partial charge < -0.3 is 4.52 Å². The number of benzene rings is 1. The summed E-state index contributed by atoms with van der Waals surface area (Å²) in [6.07, 6.45) is 1.87. The molecule has 2 rings (SSSR count). The molecular formula is C10H11O2P. The van der Waals surface area contributed by atoms with Crippen LogP contribution in [0.15, 0.2) is 30.1 Å². The van der Waals surface area contributed by atoms with Crippen LogP contribution in [-0.2, 0) is 9.09 Å². The molecule has 1 heterocycles. The predicted octanol–water partition coefficient (Wildman–Crippen LogP) is 2.61. The van der Waals surface area contributed by atoms with Gasteiger partial charge in [-0.25, -0.2) is 0 Å². The Kier molecular flexibility index (Phi) is 2.10. The fourth-order valence-electron chi connectivity index (χ4n) is 1.48. The molecule has 1 aliphatic rings. The molecule has 68 valence electrons. The zero-order chi connectivity index (χ0) is 9.31. The van der Waals surface area contributed by atoms with Crippen molar-refractivity contribution < 1.29 is 9.09 Å². The molecular weight excluding hydrogens is 183 g/mol. The zero-order valence-electron chi connectivity index (χ0n) is 7.43. The van der Waals surface area contributed by atoms with Crippen LogP contribution in [-0.4, -0.2) is 6.61 Å². The van der Waals surface area contributed by atoms with Gasteiger partial charge in [0.1, 0.15) is 0 Å². The lowest BCUT2D eigenvalue weighted by Gasteiger charge is -2.10. The highest BCUT2D eigenvalue weighted by Gasteiger charge is 2.28. The van der Waals surface area contributed by atoms with E-state index in [4.69, 9.17) is 4.52 Å². The number of fused-ring (bicyclic) bond motifs is 1. The number of hydrogen-bond acceptors (Lipinski definition) is 2. The van der Waals surface area contributed by atoms with Crippen molar-refractivity contribution in [2.45, 2.75) is 6.92 Å². The molecule has 1 atom stereocenters. The summed E-state index contributed by atoms with van der Waals surface area (Å²) >= 11 is 0. The van der Waals surface area contributed by atoms with Crippen LogP contribution >= 0.6 is 7.37 Å². The Morgan fingerprint density at radius 3 is 2.92 bits per heavy atom. The molecule has 0 saturated carbocycles. The smallest absolute Gasteiger partial charge is 0.254 e. The molecule has 0 spiro atoms. The average molecular weight is 194 g/mol. The van der Waals surface area contributed by atoms with Crippen molar-refractivity contribution in [1.29, 1.82) is 0 Å². The van der Waals surface area contributed by atoms with Crippen molar-refractivity contribution in [3.63, 3.8) is 0 Å². The van der Waals surface area contributed by atoms with E-state index in [-0.39, 0.29) is 0 Å². The van der Waals surface area contributed by atoms with Crippen molar-refractivity contribution in [2.24, 2.45) is 0 Å². The standard InChI is InChI=1S/C10H11O2P/c1-2-12-13(11)8-7-9-5-3-4-6-10(9)13/h3-8H,2H2,1H3. The second-order valence-electron chi connectivity index (χ2n) is 2.89. The molecule has 0 aromatic heterocycles. The second kappa shape index (κ2) is 3.13. The number of rotatable bonds is 2. The van der Waals surface area contributed by atoms with Gasteiger partial charge in [0.25, 0.3) is 7.37 Å². The molecule has 0 saturated heterocycles. The van der Waals surface area contributed by atoms with E-state index in [1.165, 1.54) is 0 Å². The highest BCUT2D eigenvalue weighted by atomic mass is 31.2. The van der Waals surface area contributed by atoms with Crippen molar-refractivity contribution in [2.75, 3.05) is 6.61 Å². The van der Waals surface area contributed by atoms with Crippen molar-refractivity contribution in [1.82, 2.24) is 0 Å². The molecule has 2 nitrogen and oxygen atoms in total. The molecule has 1 aliphatic heterocycles. The zero-order valence-corrected chi connectivity index (χ0v) is 8.33. The lowest BCUT2D eigenvalue weighted by molar-refractivity contribution is 0.348. The lowest BCUT2D eigenvalue weighted by atomic mass is 10.2. The normalized spacial score (nSPS) is 24.7. The van der Waals surface area contributed by atoms with Gasteiger partial charge in [-0.3, -0.25) is 4.57 Å². The Labute approximate surface area is 77.7 Å².